The van der Waals surface area contributed by atoms with Gasteiger partial charge in [0.15, 0.2) is 0 Å². The van der Waals surface area contributed by atoms with Crippen LogP contribution in [0, 0.1) is 12.3 Å². The third-order valence-electron chi connectivity index (χ3n) is 4.69. The molecule has 1 aliphatic heterocycles. The first-order chi connectivity index (χ1) is 14.5. The average Bonchev–Trinajstić information content (AvgIpc) is 2.73. The monoisotopic (exact) mass is 433 g/mol. The van der Waals surface area contributed by atoms with Crippen molar-refractivity contribution in [1.82, 2.24) is 9.21 Å². The Morgan fingerprint density at radius 3 is 2.67 bits per heavy atom. The average molecular weight is 434 g/mol. The van der Waals surface area contributed by atoms with Crippen LogP contribution >= 0.6 is 0 Å². The minimum Gasteiger partial charge on any atom is -0.760 e. The summed E-state index contributed by atoms with van der Waals surface area (Å²) in [7, 11) is 0. The van der Waals surface area contributed by atoms with E-state index < -0.39 is 17.2 Å². The summed E-state index contributed by atoms with van der Waals surface area (Å²) >= 11 is -2.27. The number of benzene rings is 1. The molecule has 1 amide bonds. The molecule has 0 saturated carbocycles. The summed E-state index contributed by atoms with van der Waals surface area (Å²) in [6.07, 6.45) is 5.44. The highest BCUT2D eigenvalue weighted by Gasteiger charge is 2.25. The molecule has 1 aromatic carbocycles. The normalized spacial score (nSPS) is 16.4. The zero-order valence-electron chi connectivity index (χ0n) is 17.3. The first kappa shape index (κ1) is 23.8. The molecule has 164 valence electrons. The number of allylic oxidation sites excluding steroid dienone is 2. The van der Waals surface area contributed by atoms with Crippen molar-refractivity contribution in [2.24, 2.45) is 0 Å². The molecule has 1 atom stereocenters. The van der Waals surface area contributed by atoms with Gasteiger partial charge in [-0.1, -0.05) is 18.2 Å². The summed E-state index contributed by atoms with van der Waals surface area (Å²) in [5.41, 5.74) is 2.00. The van der Waals surface area contributed by atoms with Crippen molar-refractivity contribution < 1.29 is 18.3 Å². The van der Waals surface area contributed by atoms with Gasteiger partial charge in [-0.3, -0.25) is 9.00 Å². The van der Waals surface area contributed by atoms with Gasteiger partial charge in [-0.2, -0.15) is 0 Å². The van der Waals surface area contributed by atoms with Crippen LogP contribution in [0.25, 0.3) is 0 Å². The van der Waals surface area contributed by atoms with Crippen molar-refractivity contribution in [3.63, 3.8) is 0 Å². The van der Waals surface area contributed by atoms with Crippen LogP contribution in [0.1, 0.15) is 24.8 Å². The van der Waals surface area contributed by atoms with Gasteiger partial charge in [0.1, 0.15) is 5.70 Å². The Balaban J connectivity index is 2.20. The second-order valence-corrected chi connectivity index (χ2v) is 7.90. The Labute approximate surface area is 180 Å². The van der Waals surface area contributed by atoms with Gasteiger partial charge in [0.05, 0.1) is 6.61 Å². The van der Waals surface area contributed by atoms with Crippen LogP contribution < -0.4 is 5.32 Å². The summed E-state index contributed by atoms with van der Waals surface area (Å²) in [5.74, 6) is -0.362. The van der Waals surface area contributed by atoms with Crippen molar-refractivity contribution in [2.75, 3.05) is 38.1 Å². The van der Waals surface area contributed by atoms with Gasteiger partial charge in [-0.25, -0.2) is 4.31 Å². The Hall–Kier alpha value is -2.49. The molecule has 1 aromatic rings. The molecule has 9 heteroatoms. The maximum absolute atomic E-state index is 13.0. The molecular formula is C21H29N4O4S-. The van der Waals surface area contributed by atoms with Crippen molar-refractivity contribution >= 4 is 29.1 Å². The fraction of sp³-hybridized carbons (Fsp3) is 0.429. The maximum Gasteiger partial charge on any atom is 0.293 e. The Morgan fingerprint density at radius 2 is 2.07 bits per heavy atom. The summed E-state index contributed by atoms with van der Waals surface area (Å²) < 4.78 is 29.5. The number of unbranched alkanes of at least 4 members (excludes halogenated alkanes) is 2. The molecule has 0 spiro atoms. The SMILES string of the molecule is C=CCCCCO/C(C(=O)Nc1cccc(C)c1)=C(/C=N)N1CCN(S(=O)[O-])CC1. The van der Waals surface area contributed by atoms with Gasteiger partial charge < -0.3 is 24.9 Å². The fourth-order valence-corrected chi connectivity index (χ4v) is 3.57. The van der Waals surface area contributed by atoms with Crippen molar-refractivity contribution in [3.8, 4) is 0 Å². The molecule has 0 bridgehead atoms. The van der Waals surface area contributed by atoms with Crippen LogP contribution in [-0.4, -0.2) is 62.9 Å². The highest BCUT2D eigenvalue weighted by Crippen LogP contribution is 2.18. The van der Waals surface area contributed by atoms with Gasteiger partial charge in [-0.05, 0) is 43.9 Å². The molecule has 8 nitrogen and oxygen atoms in total. The second kappa shape index (κ2) is 12.3. The standard InChI is InChI=1S/C21H30N4O4S/c1-3-4-5-6-14-29-20(21(26)23-18-9-7-8-17(2)15-18)19(16-22)24-10-12-25(13-11-24)30(27)28/h3,7-9,15-16,22H,1,4-6,10-14H2,2H3,(H,23,26)(H,27,28)/p-1/b20-19-,22-16?. The van der Waals surface area contributed by atoms with E-state index in [1.165, 1.54) is 4.31 Å². The van der Waals surface area contributed by atoms with Crippen LogP contribution in [0.4, 0.5) is 5.69 Å². The molecule has 2 rings (SSSR count). The van der Waals surface area contributed by atoms with E-state index in [9.17, 15) is 13.6 Å². The zero-order valence-corrected chi connectivity index (χ0v) is 18.1. The van der Waals surface area contributed by atoms with Crippen molar-refractivity contribution in [3.05, 3.63) is 53.9 Å². The summed E-state index contributed by atoms with van der Waals surface area (Å²) in [6.45, 7) is 7.31. The number of piperazine rings is 1. The summed E-state index contributed by atoms with van der Waals surface area (Å²) in [4.78, 5) is 14.8. The van der Waals surface area contributed by atoms with E-state index in [1.54, 1.807) is 6.07 Å². The number of hydrogen-bond acceptors (Lipinski definition) is 6. The van der Waals surface area contributed by atoms with Gasteiger partial charge in [0.2, 0.25) is 5.76 Å². The molecule has 0 aromatic heterocycles. The largest absolute Gasteiger partial charge is 0.760 e. The minimum atomic E-state index is -2.27. The quantitative estimate of drug-likeness (QED) is 0.139. The number of anilines is 1. The van der Waals surface area contributed by atoms with Gasteiger partial charge in [-0.15, -0.1) is 6.58 Å². The zero-order chi connectivity index (χ0) is 21.9. The van der Waals surface area contributed by atoms with E-state index in [2.05, 4.69) is 11.9 Å². The second-order valence-electron chi connectivity index (χ2n) is 6.95. The lowest BCUT2D eigenvalue weighted by atomic mass is 10.2. The van der Waals surface area contributed by atoms with Crippen molar-refractivity contribution in [1.29, 1.82) is 5.41 Å². The van der Waals surface area contributed by atoms with E-state index in [-0.39, 0.29) is 5.76 Å². The molecule has 1 fully saturated rings. The van der Waals surface area contributed by atoms with Crippen LogP contribution in [0.2, 0.25) is 0 Å². The number of rotatable bonds is 11. The van der Waals surface area contributed by atoms with Gasteiger partial charge in [0.25, 0.3) is 5.91 Å². The lowest BCUT2D eigenvalue weighted by Crippen LogP contribution is -2.47. The van der Waals surface area contributed by atoms with Crippen LogP contribution in [-0.2, 0) is 20.8 Å². The predicted molar refractivity (Wildman–Crippen MR) is 118 cm³/mol. The van der Waals surface area contributed by atoms with Gasteiger partial charge >= 0.3 is 0 Å². The smallest absolute Gasteiger partial charge is 0.293 e. The lowest BCUT2D eigenvalue weighted by molar-refractivity contribution is -0.116. The molecule has 1 saturated heterocycles. The predicted octanol–water partition coefficient (Wildman–Crippen LogP) is 2.58. The molecule has 1 unspecified atom stereocenters. The number of nitrogens with one attached hydrogen (secondary N) is 2. The Bertz CT molecular complexity index is 804. The molecular weight excluding hydrogens is 404 g/mol. The van der Waals surface area contributed by atoms with Gasteiger partial charge in [0, 0.05) is 49.3 Å². The first-order valence-corrected chi connectivity index (χ1v) is 10.9. The minimum absolute atomic E-state index is 0.0711. The lowest BCUT2D eigenvalue weighted by Gasteiger charge is -2.37. The fourth-order valence-electron chi connectivity index (χ4n) is 3.11. The number of amides is 1. The highest BCUT2D eigenvalue weighted by atomic mass is 32.2. The number of carbonyl (C=O) groups is 1. The van der Waals surface area contributed by atoms with E-state index >= 15 is 0 Å². The Morgan fingerprint density at radius 1 is 1.33 bits per heavy atom. The van der Waals surface area contributed by atoms with E-state index in [4.69, 9.17) is 10.1 Å². The number of hydrogen-bond donors (Lipinski definition) is 2. The van der Waals surface area contributed by atoms with E-state index in [0.29, 0.717) is 44.2 Å². The van der Waals surface area contributed by atoms with Crippen molar-refractivity contribution in [2.45, 2.75) is 26.2 Å². The molecule has 1 aliphatic rings. The first-order valence-electron chi connectivity index (χ1n) is 9.92. The van der Waals surface area contributed by atoms with E-state index in [1.807, 2.05) is 36.1 Å². The maximum atomic E-state index is 13.0. The summed E-state index contributed by atoms with van der Waals surface area (Å²) in [6, 6.07) is 7.43. The number of carbonyl (C=O) groups excluding carboxylic acids is 1. The molecule has 1 heterocycles. The topological polar surface area (TPSA) is 109 Å². The number of nitrogens with zero attached hydrogens (tertiary/aromatic N) is 2. The number of ether oxygens (including phenoxy) is 1. The summed E-state index contributed by atoms with van der Waals surface area (Å²) in [5, 5.41) is 10.7. The van der Waals surface area contributed by atoms with Crippen LogP contribution in [0.15, 0.2) is 48.4 Å². The van der Waals surface area contributed by atoms with Crippen LogP contribution in [0.5, 0.6) is 0 Å². The highest BCUT2D eigenvalue weighted by molar-refractivity contribution is 7.76. The number of aryl methyl sites for hydroxylation is 1. The molecule has 0 aliphatic carbocycles. The van der Waals surface area contributed by atoms with Crippen LogP contribution in [0.3, 0.4) is 0 Å². The van der Waals surface area contributed by atoms with E-state index in [0.717, 1.165) is 31.0 Å². The molecule has 30 heavy (non-hydrogen) atoms. The third kappa shape index (κ3) is 7.08. The Kier molecular flexibility index (Phi) is 9.72. The molecule has 2 N–H and O–H groups in total. The third-order valence-corrected chi connectivity index (χ3v) is 5.48. The molecule has 0 radical (unpaired) electrons.